The van der Waals surface area contributed by atoms with Gasteiger partial charge in [0.1, 0.15) is 0 Å². The summed E-state index contributed by atoms with van der Waals surface area (Å²) in [6.07, 6.45) is 3.06. The van der Waals surface area contributed by atoms with Crippen molar-refractivity contribution >= 4 is 27.3 Å². The van der Waals surface area contributed by atoms with E-state index in [0.29, 0.717) is 16.1 Å². The average Bonchev–Trinajstić information content (AvgIpc) is 2.91. The van der Waals surface area contributed by atoms with Crippen molar-refractivity contribution in [2.45, 2.75) is 18.4 Å². The molecule has 1 heterocycles. The fourth-order valence-electron chi connectivity index (χ4n) is 1.89. The number of carbonyl (C=O) groups is 1. The van der Waals surface area contributed by atoms with Crippen LogP contribution in [0.15, 0.2) is 35.5 Å². The molecule has 1 N–H and O–H groups in total. The number of sulfone groups is 1. The maximum atomic E-state index is 11.9. The van der Waals surface area contributed by atoms with Crippen molar-refractivity contribution < 1.29 is 13.2 Å². The smallest absolute Gasteiger partial charge is 0.254 e. The van der Waals surface area contributed by atoms with E-state index in [2.05, 4.69) is 10.4 Å². The summed E-state index contributed by atoms with van der Waals surface area (Å²) in [5.41, 5.74) is 1.06. The van der Waals surface area contributed by atoms with E-state index in [-0.39, 0.29) is 23.1 Å². The van der Waals surface area contributed by atoms with E-state index in [0.717, 1.165) is 0 Å². The van der Waals surface area contributed by atoms with Crippen LogP contribution in [-0.2, 0) is 23.4 Å². The Morgan fingerprint density at radius 1 is 1.36 bits per heavy atom. The third-order valence-corrected chi connectivity index (χ3v) is 5.02. The summed E-state index contributed by atoms with van der Waals surface area (Å²) in [4.78, 5) is 12.1. The highest BCUT2D eigenvalue weighted by Gasteiger charge is 2.14. The van der Waals surface area contributed by atoms with E-state index >= 15 is 0 Å². The number of nitrogens with zero attached hydrogens (tertiary/aromatic N) is 2. The van der Waals surface area contributed by atoms with Crippen LogP contribution in [-0.4, -0.2) is 29.9 Å². The van der Waals surface area contributed by atoms with Gasteiger partial charge in [-0.2, -0.15) is 5.10 Å². The highest BCUT2D eigenvalue weighted by Crippen LogP contribution is 2.20. The summed E-state index contributed by atoms with van der Waals surface area (Å²) in [6, 6.07) is 4.56. The van der Waals surface area contributed by atoms with Crippen LogP contribution in [0.25, 0.3) is 0 Å². The molecule has 2 rings (SSSR count). The molecule has 118 valence electrons. The zero-order valence-corrected chi connectivity index (χ0v) is 13.8. The summed E-state index contributed by atoms with van der Waals surface area (Å²) < 4.78 is 25.3. The fraction of sp³-hybridized carbons (Fsp3) is 0.286. The molecule has 0 unspecified atom stereocenters. The number of halogens is 1. The quantitative estimate of drug-likeness (QED) is 0.899. The van der Waals surface area contributed by atoms with Crippen molar-refractivity contribution in [1.29, 1.82) is 0 Å². The zero-order valence-electron chi connectivity index (χ0n) is 12.2. The molecular formula is C14H16ClN3O3S. The average molecular weight is 342 g/mol. The molecular weight excluding hydrogens is 326 g/mol. The third-order valence-electron chi connectivity index (χ3n) is 3.09. The van der Waals surface area contributed by atoms with Crippen LogP contribution in [0.3, 0.4) is 0 Å². The fourth-order valence-corrected chi connectivity index (χ4v) is 3.19. The lowest BCUT2D eigenvalue weighted by Crippen LogP contribution is -2.22. The molecule has 0 fully saturated rings. The molecule has 8 heteroatoms. The van der Waals surface area contributed by atoms with Crippen LogP contribution >= 0.6 is 11.6 Å². The van der Waals surface area contributed by atoms with Crippen molar-refractivity contribution in [3.63, 3.8) is 0 Å². The van der Waals surface area contributed by atoms with E-state index in [1.807, 2.05) is 0 Å². The molecule has 1 aromatic carbocycles. The molecule has 22 heavy (non-hydrogen) atoms. The minimum Gasteiger partial charge on any atom is -0.348 e. The van der Waals surface area contributed by atoms with Crippen LogP contribution in [0, 0.1) is 0 Å². The van der Waals surface area contributed by atoms with Crippen molar-refractivity contribution in [3.8, 4) is 0 Å². The third kappa shape index (κ3) is 3.86. The van der Waals surface area contributed by atoms with Gasteiger partial charge in [0, 0.05) is 24.8 Å². The number of rotatable bonds is 5. The van der Waals surface area contributed by atoms with E-state index in [1.54, 1.807) is 26.2 Å². The van der Waals surface area contributed by atoms with E-state index in [1.165, 1.54) is 23.0 Å². The summed E-state index contributed by atoms with van der Waals surface area (Å²) in [6.45, 7) is 1.75. The molecule has 1 aromatic heterocycles. The van der Waals surface area contributed by atoms with E-state index < -0.39 is 9.84 Å². The van der Waals surface area contributed by atoms with Gasteiger partial charge in [-0.3, -0.25) is 9.48 Å². The predicted molar refractivity (Wildman–Crippen MR) is 83.6 cm³/mol. The lowest BCUT2D eigenvalue weighted by molar-refractivity contribution is 0.0951. The second-order valence-corrected chi connectivity index (χ2v) is 7.50. The van der Waals surface area contributed by atoms with Crippen LogP contribution in [0.5, 0.6) is 0 Å². The minimum atomic E-state index is -3.34. The minimum absolute atomic E-state index is 0.00513. The second kappa shape index (κ2) is 6.50. The van der Waals surface area contributed by atoms with Gasteiger partial charge in [0.2, 0.25) is 0 Å². The normalized spacial score (nSPS) is 11.4. The maximum absolute atomic E-state index is 11.9. The Labute approximate surface area is 134 Å². The standard InChI is InChI=1S/C14H16ClN3O3S/c1-3-22(20,21)13-5-10(4-12(15)6-13)7-16-14(19)11-8-17-18(2)9-11/h4-6,8-9H,3,7H2,1-2H3,(H,16,19). The van der Waals surface area contributed by atoms with Crippen LogP contribution < -0.4 is 5.32 Å². The number of nitrogens with one attached hydrogen (secondary N) is 1. The number of amides is 1. The molecule has 0 aliphatic rings. The van der Waals surface area contributed by atoms with Gasteiger partial charge in [-0.1, -0.05) is 18.5 Å². The number of hydrogen-bond donors (Lipinski definition) is 1. The Kier molecular flexibility index (Phi) is 4.87. The Bertz CT molecular complexity index is 799. The molecule has 0 atom stereocenters. The van der Waals surface area contributed by atoms with Gasteiger partial charge in [0.05, 0.1) is 22.4 Å². The number of benzene rings is 1. The Morgan fingerprint density at radius 2 is 2.09 bits per heavy atom. The van der Waals surface area contributed by atoms with Gasteiger partial charge >= 0.3 is 0 Å². The first-order valence-electron chi connectivity index (χ1n) is 6.61. The van der Waals surface area contributed by atoms with E-state index in [9.17, 15) is 13.2 Å². The summed E-state index contributed by atoms with van der Waals surface area (Å²) in [7, 11) is -1.62. The maximum Gasteiger partial charge on any atom is 0.254 e. The molecule has 0 bridgehead atoms. The lowest BCUT2D eigenvalue weighted by atomic mass is 10.2. The molecule has 0 saturated heterocycles. The largest absolute Gasteiger partial charge is 0.348 e. The Hall–Kier alpha value is -1.86. The molecule has 1 amide bonds. The first-order valence-corrected chi connectivity index (χ1v) is 8.64. The zero-order chi connectivity index (χ0) is 16.3. The molecule has 0 spiro atoms. The highest BCUT2D eigenvalue weighted by atomic mass is 35.5. The number of hydrogen-bond acceptors (Lipinski definition) is 4. The van der Waals surface area contributed by atoms with Gasteiger partial charge in [-0.05, 0) is 23.8 Å². The molecule has 0 aliphatic carbocycles. The summed E-state index contributed by atoms with van der Waals surface area (Å²) in [5, 5.41) is 6.95. The monoisotopic (exact) mass is 341 g/mol. The van der Waals surface area contributed by atoms with E-state index in [4.69, 9.17) is 11.6 Å². The van der Waals surface area contributed by atoms with Crippen molar-refractivity contribution in [1.82, 2.24) is 15.1 Å². The summed E-state index contributed by atoms with van der Waals surface area (Å²) >= 11 is 5.96. The van der Waals surface area contributed by atoms with Gasteiger partial charge in [0.25, 0.3) is 5.91 Å². The molecule has 0 saturated carbocycles. The van der Waals surface area contributed by atoms with Crippen LogP contribution in [0.4, 0.5) is 0 Å². The number of aromatic nitrogens is 2. The van der Waals surface area contributed by atoms with Gasteiger partial charge < -0.3 is 5.32 Å². The first kappa shape index (κ1) is 16.5. The molecule has 0 aliphatic heterocycles. The Morgan fingerprint density at radius 3 is 2.68 bits per heavy atom. The van der Waals surface area contributed by atoms with Gasteiger partial charge in [-0.15, -0.1) is 0 Å². The highest BCUT2D eigenvalue weighted by molar-refractivity contribution is 7.91. The second-order valence-electron chi connectivity index (χ2n) is 4.78. The number of carbonyl (C=O) groups excluding carboxylic acids is 1. The predicted octanol–water partition coefficient (Wildman–Crippen LogP) is 1.80. The van der Waals surface area contributed by atoms with Crippen molar-refractivity contribution in [2.24, 2.45) is 7.05 Å². The topological polar surface area (TPSA) is 81.1 Å². The molecule has 0 radical (unpaired) electrons. The number of aryl methyl sites for hydroxylation is 1. The SMILES string of the molecule is CCS(=O)(=O)c1cc(Cl)cc(CNC(=O)c2cnn(C)c2)c1. The molecule has 2 aromatic rings. The Balaban J connectivity index is 2.15. The van der Waals surface area contributed by atoms with Gasteiger partial charge in [-0.25, -0.2) is 8.42 Å². The molecule has 6 nitrogen and oxygen atoms in total. The van der Waals surface area contributed by atoms with Crippen molar-refractivity contribution in [3.05, 3.63) is 46.7 Å². The lowest BCUT2D eigenvalue weighted by Gasteiger charge is -2.08. The van der Waals surface area contributed by atoms with Crippen molar-refractivity contribution in [2.75, 3.05) is 5.75 Å². The first-order chi connectivity index (χ1) is 10.3. The van der Waals surface area contributed by atoms with Gasteiger partial charge in [0.15, 0.2) is 9.84 Å². The summed E-state index contributed by atoms with van der Waals surface area (Å²) in [5.74, 6) is -0.289. The van der Waals surface area contributed by atoms with Crippen LogP contribution in [0.1, 0.15) is 22.8 Å². The van der Waals surface area contributed by atoms with Crippen LogP contribution in [0.2, 0.25) is 5.02 Å².